The van der Waals surface area contributed by atoms with Crippen LogP contribution >= 0.6 is 10.7 Å². The number of aryl methyl sites for hydroxylation is 2. The van der Waals surface area contributed by atoms with Crippen molar-refractivity contribution in [1.82, 2.24) is 4.90 Å². The number of benzene rings is 1. The van der Waals surface area contributed by atoms with Gasteiger partial charge < -0.3 is 4.90 Å². The minimum Gasteiger partial charge on any atom is -0.336 e. The molecule has 6 heteroatoms. The summed E-state index contributed by atoms with van der Waals surface area (Å²) in [4.78, 5) is 14.4. The zero-order valence-electron chi connectivity index (χ0n) is 11.8. The van der Waals surface area contributed by atoms with E-state index < -0.39 is 9.05 Å². The first kappa shape index (κ1) is 15.3. The van der Waals surface area contributed by atoms with Gasteiger partial charge in [0.2, 0.25) is 0 Å². The van der Waals surface area contributed by atoms with Crippen LogP contribution in [0.15, 0.2) is 17.0 Å². The van der Waals surface area contributed by atoms with Gasteiger partial charge in [0.15, 0.2) is 0 Å². The molecule has 20 heavy (non-hydrogen) atoms. The lowest BCUT2D eigenvalue weighted by Gasteiger charge is -2.23. The van der Waals surface area contributed by atoms with Crippen molar-refractivity contribution in [3.05, 3.63) is 28.8 Å². The van der Waals surface area contributed by atoms with Gasteiger partial charge in [0.05, 0.1) is 4.90 Å². The highest BCUT2D eigenvalue weighted by atomic mass is 35.7. The van der Waals surface area contributed by atoms with E-state index in [2.05, 4.69) is 0 Å². The second kappa shape index (κ2) is 5.37. The van der Waals surface area contributed by atoms with Crippen LogP contribution < -0.4 is 0 Å². The zero-order valence-corrected chi connectivity index (χ0v) is 13.4. The lowest BCUT2D eigenvalue weighted by molar-refractivity contribution is 0.0746. The van der Waals surface area contributed by atoms with Gasteiger partial charge in [0.1, 0.15) is 0 Å². The fourth-order valence-corrected chi connectivity index (χ4v) is 3.92. The van der Waals surface area contributed by atoms with Gasteiger partial charge in [0.25, 0.3) is 15.0 Å². The van der Waals surface area contributed by atoms with Crippen LogP contribution in [0.4, 0.5) is 0 Å². The van der Waals surface area contributed by atoms with Gasteiger partial charge in [-0.1, -0.05) is 6.07 Å². The zero-order chi connectivity index (χ0) is 15.1. The number of amides is 1. The van der Waals surface area contributed by atoms with E-state index in [1.807, 2.05) is 13.8 Å². The lowest BCUT2D eigenvalue weighted by Crippen LogP contribution is -2.34. The molecule has 1 aliphatic heterocycles. The lowest BCUT2D eigenvalue weighted by atomic mass is 10.0. The number of nitrogens with zero attached hydrogens (tertiary/aromatic N) is 1. The summed E-state index contributed by atoms with van der Waals surface area (Å²) < 4.78 is 23.1. The van der Waals surface area contributed by atoms with Crippen molar-refractivity contribution < 1.29 is 13.2 Å². The van der Waals surface area contributed by atoms with Gasteiger partial charge in [0, 0.05) is 28.8 Å². The van der Waals surface area contributed by atoms with Crippen LogP contribution in [0.25, 0.3) is 0 Å². The Morgan fingerprint density at radius 2 is 1.95 bits per heavy atom. The maximum absolute atomic E-state index is 12.6. The van der Waals surface area contributed by atoms with Gasteiger partial charge in [-0.05, 0) is 50.8 Å². The molecule has 0 bridgehead atoms. The molecule has 0 aromatic heterocycles. The van der Waals surface area contributed by atoms with Crippen molar-refractivity contribution in [2.24, 2.45) is 0 Å². The Bertz CT molecular complexity index is 655. The fourth-order valence-electron chi connectivity index (χ4n) is 2.72. The predicted octanol–water partition coefficient (Wildman–Crippen LogP) is 2.86. The molecule has 1 aliphatic rings. The van der Waals surface area contributed by atoms with Gasteiger partial charge in [-0.3, -0.25) is 4.79 Å². The van der Waals surface area contributed by atoms with Crippen molar-refractivity contribution in [3.63, 3.8) is 0 Å². The van der Waals surface area contributed by atoms with Crippen LogP contribution in [0.3, 0.4) is 0 Å². The van der Waals surface area contributed by atoms with E-state index in [0.29, 0.717) is 11.1 Å². The van der Waals surface area contributed by atoms with E-state index in [4.69, 9.17) is 10.7 Å². The molecule has 1 amide bonds. The summed E-state index contributed by atoms with van der Waals surface area (Å²) in [7, 11) is 1.59. The van der Waals surface area contributed by atoms with Gasteiger partial charge in [-0.25, -0.2) is 8.42 Å². The maximum Gasteiger partial charge on any atom is 0.261 e. The molecule has 0 radical (unpaired) electrons. The highest BCUT2D eigenvalue weighted by molar-refractivity contribution is 8.13. The summed E-state index contributed by atoms with van der Waals surface area (Å²) in [5.41, 5.74) is 1.75. The van der Waals surface area contributed by atoms with E-state index >= 15 is 0 Å². The molecule has 1 aromatic carbocycles. The second-order valence-corrected chi connectivity index (χ2v) is 7.89. The Labute approximate surface area is 124 Å². The Morgan fingerprint density at radius 1 is 1.30 bits per heavy atom. The molecule has 0 saturated carbocycles. The number of rotatable bonds is 2. The van der Waals surface area contributed by atoms with E-state index in [0.717, 1.165) is 24.9 Å². The normalized spacial score (nSPS) is 19.4. The van der Waals surface area contributed by atoms with E-state index in [-0.39, 0.29) is 16.8 Å². The smallest absolute Gasteiger partial charge is 0.261 e. The van der Waals surface area contributed by atoms with Crippen LogP contribution in [0.1, 0.15) is 41.3 Å². The summed E-state index contributed by atoms with van der Waals surface area (Å²) in [5, 5.41) is 0. The standard InChI is InChI=1S/C14H18ClNO3S/c1-9-7-10(2)13(20(15,18)19)8-12(9)14(17)16-6-4-5-11(16)3/h7-8,11H,4-6H2,1-3H3. The van der Waals surface area contributed by atoms with Crippen LogP contribution in [0, 0.1) is 13.8 Å². The van der Waals surface area contributed by atoms with Crippen molar-refractivity contribution in [1.29, 1.82) is 0 Å². The van der Waals surface area contributed by atoms with Crippen LogP contribution in [-0.2, 0) is 9.05 Å². The quantitative estimate of drug-likeness (QED) is 0.789. The first-order valence-electron chi connectivity index (χ1n) is 6.58. The first-order valence-corrected chi connectivity index (χ1v) is 8.89. The number of likely N-dealkylation sites (tertiary alicyclic amines) is 1. The molecule has 1 heterocycles. The summed E-state index contributed by atoms with van der Waals surface area (Å²) in [5.74, 6) is -0.117. The topological polar surface area (TPSA) is 54.5 Å². The molecular formula is C14H18ClNO3S. The Morgan fingerprint density at radius 3 is 2.45 bits per heavy atom. The maximum atomic E-state index is 12.6. The SMILES string of the molecule is Cc1cc(C)c(S(=O)(=O)Cl)cc1C(=O)N1CCCC1C. The van der Waals surface area contributed by atoms with Crippen LogP contribution in [0.2, 0.25) is 0 Å². The van der Waals surface area contributed by atoms with Crippen molar-refractivity contribution in [2.75, 3.05) is 6.54 Å². The highest BCUT2D eigenvalue weighted by Crippen LogP contribution is 2.26. The molecule has 2 rings (SSSR count). The monoisotopic (exact) mass is 315 g/mol. The number of hydrogen-bond donors (Lipinski definition) is 0. The molecule has 0 aliphatic carbocycles. The van der Waals surface area contributed by atoms with Crippen LogP contribution in [0.5, 0.6) is 0 Å². The first-order chi connectivity index (χ1) is 9.21. The van der Waals surface area contributed by atoms with Gasteiger partial charge >= 0.3 is 0 Å². The Kier molecular flexibility index (Phi) is 4.12. The summed E-state index contributed by atoms with van der Waals surface area (Å²) in [6.45, 7) is 6.21. The molecule has 110 valence electrons. The summed E-state index contributed by atoms with van der Waals surface area (Å²) in [6.07, 6.45) is 1.97. The molecule has 1 unspecified atom stereocenters. The van der Waals surface area contributed by atoms with E-state index in [1.165, 1.54) is 6.07 Å². The van der Waals surface area contributed by atoms with Crippen molar-refractivity contribution in [3.8, 4) is 0 Å². The fraction of sp³-hybridized carbons (Fsp3) is 0.500. The molecule has 0 spiro atoms. The summed E-state index contributed by atoms with van der Waals surface area (Å²) >= 11 is 0. The molecule has 1 aromatic rings. The average Bonchev–Trinajstić information content (AvgIpc) is 2.73. The Hall–Kier alpha value is -1.07. The number of halogens is 1. The molecular weight excluding hydrogens is 298 g/mol. The Balaban J connectivity index is 2.49. The average molecular weight is 316 g/mol. The molecule has 1 atom stereocenters. The second-order valence-electron chi connectivity index (χ2n) is 5.36. The van der Waals surface area contributed by atoms with E-state index in [1.54, 1.807) is 17.9 Å². The molecule has 0 N–H and O–H groups in total. The third kappa shape index (κ3) is 2.83. The van der Waals surface area contributed by atoms with Crippen molar-refractivity contribution in [2.45, 2.75) is 44.6 Å². The highest BCUT2D eigenvalue weighted by Gasteiger charge is 2.28. The molecule has 1 saturated heterocycles. The third-order valence-electron chi connectivity index (χ3n) is 3.83. The molecule has 4 nitrogen and oxygen atoms in total. The van der Waals surface area contributed by atoms with Gasteiger partial charge in [-0.2, -0.15) is 0 Å². The minimum atomic E-state index is -3.84. The third-order valence-corrected chi connectivity index (χ3v) is 5.29. The minimum absolute atomic E-state index is 0.0139. The predicted molar refractivity (Wildman–Crippen MR) is 78.7 cm³/mol. The van der Waals surface area contributed by atoms with Crippen LogP contribution in [-0.4, -0.2) is 31.8 Å². The number of hydrogen-bond acceptors (Lipinski definition) is 3. The number of carbonyl (C=O) groups excluding carboxylic acids is 1. The summed E-state index contributed by atoms with van der Waals surface area (Å²) in [6, 6.07) is 3.29. The van der Waals surface area contributed by atoms with Gasteiger partial charge in [-0.15, -0.1) is 0 Å². The number of carbonyl (C=O) groups is 1. The largest absolute Gasteiger partial charge is 0.336 e. The molecule has 1 fully saturated rings. The van der Waals surface area contributed by atoms with E-state index in [9.17, 15) is 13.2 Å². The van der Waals surface area contributed by atoms with Crippen molar-refractivity contribution >= 4 is 25.6 Å².